The summed E-state index contributed by atoms with van der Waals surface area (Å²) in [6.07, 6.45) is 3.47. The van der Waals surface area contributed by atoms with Crippen molar-refractivity contribution in [3.63, 3.8) is 0 Å². The Kier molecular flexibility index (Phi) is 3.87. The molecule has 3 rings (SSSR count). The molecule has 1 fully saturated rings. The second-order valence-electron chi connectivity index (χ2n) is 5.40. The third-order valence-corrected chi connectivity index (χ3v) is 4.01. The van der Waals surface area contributed by atoms with Gasteiger partial charge in [0.1, 0.15) is 0 Å². The van der Waals surface area contributed by atoms with Crippen molar-refractivity contribution in [2.75, 3.05) is 12.4 Å². The summed E-state index contributed by atoms with van der Waals surface area (Å²) < 4.78 is 0. The molecule has 5 heteroatoms. The molecule has 1 aliphatic rings. The molecule has 22 heavy (non-hydrogen) atoms. The highest BCUT2D eigenvalue weighted by atomic mass is 16.2. The van der Waals surface area contributed by atoms with E-state index in [1.807, 2.05) is 30.3 Å². The fraction of sp³-hybridized carbons (Fsp3) is 0.235. The maximum atomic E-state index is 12.6. The Hall–Kier alpha value is -2.69. The summed E-state index contributed by atoms with van der Waals surface area (Å²) in [5.74, 6) is -0.547. The molecule has 0 unspecified atom stereocenters. The van der Waals surface area contributed by atoms with Gasteiger partial charge in [-0.25, -0.2) is 0 Å². The smallest absolute Gasteiger partial charge is 0.230 e. The number of nitrogens with zero attached hydrogens (tertiary/aromatic N) is 2. The summed E-state index contributed by atoms with van der Waals surface area (Å²) in [5, 5.41) is 2.87. The van der Waals surface area contributed by atoms with Crippen LogP contribution in [-0.4, -0.2) is 28.7 Å². The summed E-state index contributed by atoms with van der Waals surface area (Å²) in [5.41, 5.74) is 1.67. The molecule has 1 aromatic carbocycles. The molecule has 2 amide bonds. The van der Waals surface area contributed by atoms with Crippen LogP contribution in [0.3, 0.4) is 0 Å². The Morgan fingerprint density at radius 1 is 1.18 bits per heavy atom. The lowest BCUT2D eigenvalue weighted by molar-refractivity contribution is -0.127. The monoisotopic (exact) mass is 295 g/mol. The molecular weight excluding hydrogens is 278 g/mol. The number of benzene rings is 1. The average Bonchev–Trinajstić information content (AvgIpc) is 2.85. The van der Waals surface area contributed by atoms with Gasteiger partial charge in [-0.1, -0.05) is 30.3 Å². The van der Waals surface area contributed by atoms with E-state index >= 15 is 0 Å². The maximum absolute atomic E-state index is 12.6. The minimum Gasteiger partial charge on any atom is -0.338 e. The second kappa shape index (κ2) is 5.97. The first-order chi connectivity index (χ1) is 10.7. The van der Waals surface area contributed by atoms with Crippen molar-refractivity contribution in [1.29, 1.82) is 0 Å². The quantitative estimate of drug-likeness (QED) is 0.944. The molecule has 2 aromatic rings. The van der Waals surface area contributed by atoms with Crippen LogP contribution in [0.2, 0.25) is 0 Å². The van der Waals surface area contributed by atoms with E-state index in [0.29, 0.717) is 5.69 Å². The number of aromatic nitrogens is 1. The average molecular weight is 295 g/mol. The summed E-state index contributed by atoms with van der Waals surface area (Å²) in [4.78, 5) is 30.2. The first-order valence-corrected chi connectivity index (χ1v) is 7.18. The van der Waals surface area contributed by atoms with Crippen molar-refractivity contribution in [2.24, 2.45) is 5.92 Å². The van der Waals surface area contributed by atoms with Crippen LogP contribution >= 0.6 is 0 Å². The molecular formula is C17H17N3O2. The van der Waals surface area contributed by atoms with Crippen LogP contribution in [0.1, 0.15) is 18.0 Å². The fourth-order valence-electron chi connectivity index (χ4n) is 2.88. The van der Waals surface area contributed by atoms with Gasteiger partial charge in [-0.3, -0.25) is 14.6 Å². The van der Waals surface area contributed by atoms with Crippen molar-refractivity contribution in [3.05, 3.63) is 60.4 Å². The Morgan fingerprint density at radius 2 is 1.86 bits per heavy atom. The van der Waals surface area contributed by atoms with Crippen molar-refractivity contribution in [2.45, 2.75) is 12.5 Å². The second-order valence-corrected chi connectivity index (χ2v) is 5.40. The van der Waals surface area contributed by atoms with Crippen LogP contribution in [-0.2, 0) is 9.59 Å². The summed E-state index contributed by atoms with van der Waals surface area (Å²) in [6, 6.07) is 12.9. The van der Waals surface area contributed by atoms with Crippen LogP contribution < -0.4 is 5.32 Å². The van der Waals surface area contributed by atoms with Gasteiger partial charge >= 0.3 is 0 Å². The van der Waals surface area contributed by atoms with Crippen molar-refractivity contribution >= 4 is 17.5 Å². The van der Waals surface area contributed by atoms with E-state index in [0.717, 1.165) is 5.56 Å². The Labute approximate surface area is 129 Å². The number of anilines is 1. The molecule has 112 valence electrons. The molecule has 1 aromatic heterocycles. The van der Waals surface area contributed by atoms with E-state index < -0.39 is 5.92 Å². The Morgan fingerprint density at radius 3 is 2.55 bits per heavy atom. The first-order valence-electron chi connectivity index (χ1n) is 7.18. The molecule has 5 nitrogen and oxygen atoms in total. The van der Waals surface area contributed by atoms with Gasteiger partial charge in [-0.15, -0.1) is 0 Å². The highest BCUT2D eigenvalue weighted by molar-refractivity contribution is 5.97. The third kappa shape index (κ3) is 2.70. The lowest BCUT2D eigenvalue weighted by atomic mass is 9.93. The van der Waals surface area contributed by atoms with Crippen molar-refractivity contribution < 1.29 is 9.59 Å². The molecule has 0 spiro atoms. The van der Waals surface area contributed by atoms with Gasteiger partial charge in [0.25, 0.3) is 0 Å². The first kappa shape index (κ1) is 14.3. The predicted octanol–water partition coefficient (Wildman–Crippen LogP) is 2.24. The van der Waals surface area contributed by atoms with E-state index in [1.165, 1.54) is 0 Å². The number of nitrogens with one attached hydrogen (secondary N) is 1. The molecule has 0 radical (unpaired) electrons. The van der Waals surface area contributed by atoms with Crippen molar-refractivity contribution in [1.82, 2.24) is 9.88 Å². The molecule has 2 heterocycles. The van der Waals surface area contributed by atoms with Gasteiger partial charge in [0.2, 0.25) is 11.8 Å². The van der Waals surface area contributed by atoms with Gasteiger partial charge in [0.05, 0.1) is 12.0 Å². The van der Waals surface area contributed by atoms with Crippen LogP contribution in [0.5, 0.6) is 0 Å². The molecule has 1 aliphatic heterocycles. The maximum Gasteiger partial charge on any atom is 0.230 e. The molecule has 1 saturated heterocycles. The number of carbonyl (C=O) groups excluding carboxylic acids is 2. The highest BCUT2D eigenvalue weighted by Crippen LogP contribution is 2.37. The number of hydrogen-bond acceptors (Lipinski definition) is 3. The topological polar surface area (TPSA) is 62.3 Å². The Bertz CT molecular complexity index is 673. The number of pyridine rings is 1. The normalized spacial score (nSPS) is 21.0. The predicted molar refractivity (Wildman–Crippen MR) is 82.9 cm³/mol. The SMILES string of the molecule is CN1C(=O)C[C@H](C(=O)Nc2ccncc2)[C@@H]1c1ccccc1. The van der Waals surface area contributed by atoms with Crippen LogP contribution in [0, 0.1) is 5.92 Å². The molecule has 0 bridgehead atoms. The van der Waals surface area contributed by atoms with E-state index in [4.69, 9.17) is 0 Å². The molecule has 0 aliphatic carbocycles. The van der Waals surface area contributed by atoms with E-state index in [-0.39, 0.29) is 24.3 Å². The lowest BCUT2D eigenvalue weighted by Gasteiger charge is -2.24. The molecule has 2 atom stereocenters. The van der Waals surface area contributed by atoms with Gasteiger partial charge in [-0.2, -0.15) is 0 Å². The molecule has 0 saturated carbocycles. The standard InChI is InChI=1S/C17H17N3O2/c1-20-15(21)11-14(16(20)12-5-3-2-4-6-12)17(22)19-13-7-9-18-10-8-13/h2-10,14,16H,11H2,1H3,(H,18,19,22)/t14-,16-/m0/s1. The number of amides is 2. The number of carbonyl (C=O) groups is 2. The summed E-state index contributed by atoms with van der Waals surface area (Å²) >= 11 is 0. The zero-order chi connectivity index (χ0) is 15.5. The number of likely N-dealkylation sites (tertiary alicyclic amines) is 1. The summed E-state index contributed by atoms with van der Waals surface area (Å²) in [6.45, 7) is 0. The fourth-order valence-corrected chi connectivity index (χ4v) is 2.88. The third-order valence-electron chi connectivity index (χ3n) is 4.01. The van der Waals surface area contributed by atoms with Gasteiger partial charge in [0.15, 0.2) is 0 Å². The Balaban J connectivity index is 1.84. The van der Waals surface area contributed by atoms with Crippen LogP contribution in [0.4, 0.5) is 5.69 Å². The number of hydrogen-bond donors (Lipinski definition) is 1. The zero-order valence-corrected chi connectivity index (χ0v) is 12.3. The van der Waals surface area contributed by atoms with E-state index in [1.54, 1.807) is 36.5 Å². The van der Waals surface area contributed by atoms with Gasteiger partial charge in [-0.05, 0) is 17.7 Å². The minimum atomic E-state index is -0.395. The van der Waals surface area contributed by atoms with Crippen LogP contribution in [0.25, 0.3) is 0 Å². The molecule has 1 N–H and O–H groups in total. The van der Waals surface area contributed by atoms with E-state index in [2.05, 4.69) is 10.3 Å². The zero-order valence-electron chi connectivity index (χ0n) is 12.3. The van der Waals surface area contributed by atoms with Gasteiger partial charge < -0.3 is 10.2 Å². The number of rotatable bonds is 3. The van der Waals surface area contributed by atoms with Gasteiger partial charge in [0, 0.05) is 31.5 Å². The summed E-state index contributed by atoms with van der Waals surface area (Å²) in [7, 11) is 1.75. The highest BCUT2D eigenvalue weighted by Gasteiger charge is 2.42. The minimum absolute atomic E-state index is 0.0104. The van der Waals surface area contributed by atoms with Crippen LogP contribution in [0.15, 0.2) is 54.9 Å². The van der Waals surface area contributed by atoms with E-state index in [9.17, 15) is 9.59 Å². The largest absolute Gasteiger partial charge is 0.338 e. The lowest BCUT2D eigenvalue weighted by Crippen LogP contribution is -2.30. The van der Waals surface area contributed by atoms with Crippen molar-refractivity contribution in [3.8, 4) is 0 Å².